The van der Waals surface area contributed by atoms with Gasteiger partial charge in [-0.25, -0.2) is 0 Å². The van der Waals surface area contributed by atoms with E-state index in [0.717, 1.165) is 31.6 Å². The first kappa shape index (κ1) is 14.1. The van der Waals surface area contributed by atoms with Gasteiger partial charge in [0.1, 0.15) is 0 Å². The minimum Gasteiger partial charge on any atom is -0.314 e. The van der Waals surface area contributed by atoms with E-state index >= 15 is 0 Å². The van der Waals surface area contributed by atoms with Gasteiger partial charge in [-0.1, -0.05) is 27.2 Å². The van der Waals surface area contributed by atoms with Gasteiger partial charge >= 0.3 is 0 Å². The van der Waals surface area contributed by atoms with Gasteiger partial charge in [0.15, 0.2) is 0 Å². The molecule has 0 rings (SSSR count). The zero-order valence-corrected chi connectivity index (χ0v) is 10.8. The maximum atomic E-state index is 11.7. The smallest absolute Gasteiger partial charge is 0.0334 e. The van der Waals surface area contributed by atoms with Crippen LogP contribution < -0.4 is 5.32 Å². The van der Waals surface area contributed by atoms with Crippen LogP contribution in [0.2, 0.25) is 0 Å². The fourth-order valence-corrected chi connectivity index (χ4v) is 3.00. The van der Waals surface area contributed by atoms with Crippen molar-refractivity contribution in [2.24, 2.45) is 0 Å². The third kappa shape index (κ3) is 6.55. The molecule has 2 nitrogen and oxygen atoms in total. The minimum absolute atomic E-state index is 0.329. The lowest BCUT2D eigenvalue weighted by Gasteiger charge is -2.17. The lowest BCUT2D eigenvalue weighted by Crippen LogP contribution is -2.30. The molecule has 3 heteroatoms. The molecule has 0 spiro atoms. The Balaban J connectivity index is 3.70. The van der Waals surface area contributed by atoms with E-state index < -0.39 is 10.8 Å². The molecule has 0 fully saturated rings. The van der Waals surface area contributed by atoms with Gasteiger partial charge in [-0.2, -0.15) is 0 Å². The highest BCUT2D eigenvalue weighted by Gasteiger charge is 2.13. The Morgan fingerprint density at radius 1 is 1.29 bits per heavy atom. The Hall–Kier alpha value is 0.110. The van der Waals surface area contributed by atoms with E-state index in [1.54, 1.807) is 0 Å². The van der Waals surface area contributed by atoms with Crippen LogP contribution in [-0.4, -0.2) is 27.8 Å². The summed E-state index contributed by atoms with van der Waals surface area (Å²) in [6.07, 6.45) is 3.25. The molecule has 86 valence electrons. The zero-order valence-electron chi connectivity index (χ0n) is 10.0. The molecular formula is C11H25NOS. The lowest BCUT2D eigenvalue weighted by atomic mass is 10.2. The van der Waals surface area contributed by atoms with Crippen molar-refractivity contribution >= 4 is 10.8 Å². The van der Waals surface area contributed by atoms with E-state index in [4.69, 9.17) is 0 Å². The summed E-state index contributed by atoms with van der Waals surface area (Å²) in [5.74, 6) is 0.872. The quantitative estimate of drug-likeness (QED) is 0.679. The fourth-order valence-electron chi connectivity index (χ4n) is 1.52. The van der Waals surface area contributed by atoms with Crippen molar-refractivity contribution in [3.63, 3.8) is 0 Å². The first-order chi connectivity index (χ1) is 6.61. The van der Waals surface area contributed by atoms with Gasteiger partial charge in [-0.3, -0.25) is 4.21 Å². The van der Waals surface area contributed by atoms with Gasteiger partial charge in [-0.05, 0) is 26.3 Å². The van der Waals surface area contributed by atoms with Crippen LogP contribution in [0.1, 0.15) is 47.0 Å². The van der Waals surface area contributed by atoms with E-state index in [1.807, 2.05) is 0 Å². The van der Waals surface area contributed by atoms with E-state index in [1.165, 1.54) is 0 Å². The van der Waals surface area contributed by atoms with E-state index in [9.17, 15) is 4.21 Å². The Morgan fingerprint density at radius 2 is 1.93 bits per heavy atom. The summed E-state index contributed by atoms with van der Waals surface area (Å²) in [6, 6.07) is 0.487. The molecule has 0 aliphatic carbocycles. The average Bonchev–Trinajstić information content (AvgIpc) is 2.14. The second-order valence-corrected chi connectivity index (χ2v) is 5.92. The molecule has 0 radical (unpaired) electrons. The summed E-state index contributed by atoms with van der Waals surface area (Å²) < 4.78 is 11.7. The molecule has 0 aromatic rings. The van der Waals surface area contributed by atoms with Gasteiger partial charge in [0.25, 0.3) is 0 Å². The number of hydrogen-bond donors (Lipinski definition) is 1. The molecule has 0 saturated carbocycles. The Bertz CT molecular complexity index is 161. The Morgan fingerprint density at radius 3 is 2.43 bits per heavy atom. The lowest BCUT2D eigenvalue weighted by molar-refractivity contribution is 0.523. The van der Waals surface area contributed by atoms with Crippen LogP contribution in [-0.2, 0) is 10.8 Å². The van der Waals surface area contributed by atoms with Crippen LogP contribution >= 0.6 is 0 Å². The highest BCUT2D eigenvalue weighted by Crippen LogP contribution is 2.07. The van der Waals surface area contributed by atoms with Gasteiger partial charge in [0.05, 0.1) is 0 Å². The van der Waals surface area contributed by atoms with Crippen molar-refractivity contribution in [3.05, 3.63) is 0 Å². The first-order valence-electron chi connectivity index (χ1n) is 5.72. The monoisotopic (exact) mass is 219 g/mol. The molecule has 0 heterocycles. The first-order valence-corrected chi connectivity index (χ1v) is 7.10. The standard InChI is InChI=1S/C11H25NOS/c1-5-7-8-14(13)11(4)9-10(3)12-6-2/h10-12H,5-9H2,1-4H3. The SMILES string of the molecule is CCCCS(=O)C(C)CC(C)NCC. The van der Waals surface area contributed by atoms with Crippen molar-refractivity contribution in [1.29, 1.82) is 0 Å². The maximum Gasteiger partial charge on any atom is 0.0334 e. The third-order valence-corrected chi connectivity index (χ3v) is 4.17. The van der Waals surface area contributed by atoms with Crippen molar-refractivity contribution in [2.45, 2.75) is 58.2 Å². The predicted octanol–water partition coefficient (Wildman–Crippen LogP) is 2.31. The van der Waals surface area contributed by atoms with Crippen LogP contribution in [0, 0.1) is 0 Å². The van der Waals surface area contributed by atoms with Crippen LogP contribution in [0.15, 0.2) is 0 Å². The molecule has 0 aromatic carbocycles. The van der Waals surface area contributed by atoms with Crippen LogP contribution in [0.3, 0.4) is 0 Å². The van der Waals surface area contributed by atoms with Gasteiger partial charge in [-0.15, -0.1) is 0 Å². The molecule has 3 atom stereocenters. The Kier molecular flexibility index (Phi) is 8.49. The van der Waals surface area contributed by atoms with Crippen LogP contribution in [0.4, 0.5) is 0 Å². The van der Waals surface area contributed by atoms with E-state index in [-0.39, 0.29) is 0 Å². The van der Waals surface area contributed by atoms with E-state index in [0.29, 0.717) is 11.3 Å². The molecule has 14 heavy (non-hydrogen) atoms. The Labute approximate surface area is 91.3 Å². The highest BCUT2D eigenvalue weighted by molar-refractivity contribution is 7.85. The number of unbranched alkanes of at least 4 members (excludes halogenated alkanes) is 1. The number of hydrogen-bond acceptors (Lipinski definition) is 2. The highest BCUT2D eigenvalue weighted by atomic mass is 32.2. The van der Waals surface area contributed by atoms with Crippen molar-refractivity contribution in [3.8, 4) is 0 Å². The molecule has 0 amide bonds. The summed E-state index contributed by atoms with van der Waals surface area (Å²) in [5, 5.41) is 3.68. The molecular weight excluding hydrogens is 194 g/mol. The van der Waals surface area contributed by atoms with Gasteiger partial charge in [0, 0.05) is 27.8 Å². The summed E-state index contributed by atoms with van der Waals surface area (Å²) in [6.45, 7) is 9.50. The van der Waals surface area contributed by atoms with Crippen LogP contribution in [0.25, 0.3) is 0 Å². The second kappa shape index (κ2) is 8.42. The number of nitrogens with one attached hydrogen (secondary N) is 1. The normalized spacial score (nSPS) is 17.7. The van der Waals surface area contributed by atoms with Crippen molar-refractivity contribution < 1.29 is 4.21 Å². The van der Waals surface area contributed by atoms with E-state index in [2.05, 4.69) is 33.0 Å². The average molecular weight is 219 g/mol. The largest absolute Gasteiger partial charge is 0.314 e. The molecule has 0 saturated heterocycles. The third-order valence-electron chi connectivity index (χ3n) is 2.39. The minimum atomic E-state index is -0.629. The van der Waals surface area contributed by atoms with Crippen molar-refractivity contribution in [1.82, 2.24) is 5.32 Å². The van der Waals surface area contributed by atoms with Gasteiger partial charge < -0.3 is 5.32 Å². The molecule has 0 bridgehead atoms. The molecule has 1 N–H and O–H groups in total. The topological polar surface area (TPSA) is 29.1 Å². The second-order valence-electron chi connectivity index (χ2n) is 3.94. The summed E-state index contributed by atoms with van der Waals surface area (Å²) in [5.41, 5.74) is 0. The molecule has 0 aromatic heterocycles. The summed E-state index contributed by atoms with van der Waals surface area (Å²) >= 11 is 0. The summed E-state index contributed by atoms with van der Waals surface area (Å²) in [4.78, 5) is 0. The van der Waals surface area contributed by atoms with Crippen molar-refractivity contribution in [2.75, 3.05) is 12.3 Å². The predicted molar refractivity (Wildman–Crippen MR) is 65.1 cm³/mol. The molecule has 0 aliphatic heterocycles. The summed E-state index contributed by atoms with van der Waals surface area (Å²) in [7, 11) is -0.629. The van der Waals surface area contributed by atoms with Crippen LogP contribution in [0.5, 0.6) is 0 Å². The molecule has 3 unspecified atom stereocenters. The fraction of sp³-hybridized carbons (Fsp3) is 1.00. The van der Waals surface area contributed by atoms with Gasteiger partial charge in [0.2, 0.25) is 0 Å². The zero-order chi connectivity index (χ0) is 11.0. The molecule has 0 aliphatic rings. The number of rotatable bonds is 8. The maximum absolute atomic E-state index is 11.7.